The fourth-order valence-corrected chi connectivity index (χ4v) is 2.62. The van der Waals surface area contributed by atoms with Gasteiger partial charge in [-0.1, -0.05) is 6.07 Å². The average Bonchev–Trinajstić information content (AvgIpc) is 2.46. The predicted molar refractivity (Wildman–Crippen MR) is 73.0 cm³/mol. The van der Waals surface area contributed by atoms with E-state index >= 15 is 0 Å². The van der Waals surface area contributed by atoms with E-state index in [1.807, 2.05) is 0 Å². The van der Waals surface area contributed by atoms with Gasteiger partial charge in [0.25, 0.3) is 0 Å². The van der Waals surface area contributed by atoms with Crippen molar-refractivity contribution in [1.29, 1.82) is 0 Å². The summed E-state index contributed by atoms with van der Waals surface area (Å²) in [4.78, 5) is 13.4. The Morgan fingerprint density at radius 2 is 2.10 bits per heavy atom. The zero-order valence-corrected chi connectivity index (χ0v) is 11.4. The van der Waals surface area contributed by atoms with Gasteiger partial charge < -0.3 is 5.11 Å². The van der Waals surface area contributed by atoms with Crippen molar-refractivity contribution in [2.24, 2.45) is 0 Å². The fraction of sp³-hybridized carbons (Fsp3) is 0.0833. The zero-order valence-electron chi connectivity index (χ0n) is 10.6. The molecule has 0 atom stereocenters. The van der Waals surface area contributed by atoms with Gasteiger partial charge in [-0.25, -0.2) is 13.1 Å². The second-order valence-corrected chi connectivity index (χ2v) is 5.86. The number of aromatic hydroxyl groups is 1. The summed E-state index contributed by atoms with van der Waals surface area (Å²) in [5.74, 6) is -0.591. The van der Waals surface area contributed by atoms with Crippen LogP contribution < -0.4 is 4.72 Å². The number of nitrogens with zero attached hydrogens (tertiary/aromatic N) is 2. The third kappa shape index (κ3) is 3.52. The number of phenolic OH excluding ortho intramolecular Hbond substituents is 1. The Hall–Kier alpha value is -2.52. The molecule has 0 spiro atoms. The van der Waals surface area contributed by atoms with Gasteiger partial charge in [0.1, 0.15) is 0 Å². The number of hydrogen-bond donors (Lipinski definition) is 2. The van der Waals surface area contributed by atoms with Gasteiger partial charge in [-0.2, -0.15) is 0 Å². The van der Waals surface area contributed by atoms with E-state index in [0.717, 1.165) is 18.2 Å². The molecule has 0 radical (unpaired) electrons. The maximum Gasteiger partial charge on any atom is 0.312 e. The van der Waals surface area contributed by atoms with Crippen molar-refractivity contribution in [3.8, 4) is 5.75 Å². The van der Waals surface area contributed by atoms with Crippen molar-refractivity contribution in [2.45, 2.75) is 11.4 Å². The highest BCUT2D eigenvalue weighted by Gasteiger charge is 2.20. The first-order chi connectivity index (χ1) is 9.90. The molecule has 2 aromatic rings. The Morgan fingerprint density at radius 3 is 2.71 bits per heavy atom. The molecule has 110 valence electrons. The minimum absolute atomic E-state index is 0.00481. The maximum absolute atomic E-state index is 12.1. The first-order valence-electron chi connectivity index (χ1n) is 5.76. The molecule has 2 N–H and O–H groups in total. The van der Waals surface area contributed by atoms with E-state index in [0.29, 0.717) is 5.56 Å². The molecule has 1 aromatic carbocycles. The zero-order chi connectivity index (χ0) is 15.5. The summed E-state index contributed by atoms with van der Waals surface area (Å²) >= 11 is 0. The smallest absolute Gasteiger partial charge is 0.312 e. The molecule has 0 bridgehead atoms. The van der Waals surface area contributed by atoms with Crippen LogP contribution in [0, 0.1) is 10.1 Å². The van der Waals surface area contributed by atoms with E-state index in [-0.39, 0.29) is 11.4 Å². The van der Waals surface area contributed by atoms with Crippen molar-refractivity contribution in [2.75, 3.05) is 0 Å². The number of rotatable bonds is 5. The summed E-state index contributed by atoms with van der Waals surface area (Å²) in [5.41, 5.74) is -0.0198. The first-order valence-corrected chi connectivity index (χ1v) is 7.24. The topological polar surface area (TPSA) is 122 Å². The lowest BCUT2D eigenvalue weighted by molar-refractivity contribution is -0.386. The number of pyridine rings is 1. The number of nitro benzene ring substituents is 1. The van der Waals surface area contributed by atoms with Crippen molar-refractivity contribution < 1.29 is 18.4 Å². The van der Waals surface area contributed by atoms with Crippen LogP contribution in [0.15, 0.2) is 47.6 Å². The van der Waals surface area contributed by atoms with Crippen LogP contribution in [0.4, 0.5) is 5.69 Å². The molecule has 1 heterocycles. The van der Waals surface area contributed by atoms with Gasteiger partial charge in [-0.3, -0.25) is 15.1 Å². The molecule has 0 saturated heterocycles. The lowest BCUT2D eigenvalue weighted by Crippen LogP contribution is -2.23. The highest BCUT2D eigenvalue weighted by molar-refractivity contribution is 7.89. The highest BCUT2D eigenvalue weighted by Crippen LogP contribution is 2.28. The minimum Gasteiger partial charge on any atom is -0.502 e. The molecular formula is C12H11N3O5S. The lowest BCUT2D eigenvalue weighted by Gasteiger charge is -2.07. The number of nitro groups is 1. The summed E-state index contributed by atoms with van der Waals surface area (Å²) in [7, 11) is -3.92. The van der Waals surface area contributed by atoms with Gasteiger partial charge in [0.15, 0.2) is 5.75 Å². The molecule has 0 saturated carbocycles. The summed E-state index contributed by atoms with van der Waals surface area (Å²) in [6.07, 6.45) is 3.06. The third-order valence-electron chi connectivity index (χ3n) is 2.64. The van der Waals surface area contributed by atoms with E-state index in [2.05, 4.69) is 9.71 Å². The average molecular weight is 309 g/mol. The maximum atomic E-state index is 12.1. The van der Waals surface area contributed by atoms with E-state index in [1.165, 1.54) is 6.20 Å². The minimum atomic E-state index is -3.92. The second kappa shape index (κ2) is 5.85. The van der Waals surface area contributed by atoms with Crippen LogP contribution in [0.2, 0.25) is 0 Å². The normalized spacial score (nSPS) is 11.2. The Balaban J connectivity index is 2.24. The summed E-state index contributed by atoms with van der Waals surface area (Å²) < 4.78 is 26.4. The Labute approximate surface area is 120 Å². The molecule has 9 heteroatoms. The molecule has 0 aliphatic heterocycles. The van der Waals surface area contributed by atoms with Gasteiger partial charge in [0.2, 0.25) is 10.0 Å². The number of aromatic nitrogens is 1. The molecular weight excluding hydrogens is 298 g/mol. The summed E-state index contributed by atoms with van der Waals surface area (Å²) in [6, 6.07) is 6.22. The van der Waals surface area contributed by atoms with Crippen LogP contribution in [0.1, 0.15) is 5.56 Å². The van der Waals surface area contributed by atoms with Gasteiger partial charge >= 0.3 is 5.69 Å². The number of phenols is 1. The fourth-order valence-electron chi connectivity index (χ4n) is 1.58. The molecule has 0 fully saturated rings. The standard InChI is InChI=1S/C12H11N3O5S/c16-12-4-3-10(6-11(12)15(17)18)21(19,20)14-8-9-2-1-5-13-7-9/h1-7,14,16H,8H2. The molecule has 8 nitrogen and oxygen atoms in total. The monoisotopic (exact) mass is 309 g/mol. The van der Waals surface area contributed by atoms with E-state index in [9.17, 15) is 23.6 Å². The Bertz CT molecular complexity index is 762. The van der Waals surface area contributed by atoms with E-state index < -0.39 is 26.4 Å². The first kappa shape index (κ1) is 14.9. The van der Waals surface area contributed by atoms with Crippen LogP contribution in [0.3, 0.4) is 0 Å². The van der Waals surface area contributed by atoms with Crippen LogP contribution in [-0.2, 0) is 16.6 Å². The predicted octanol–water partition coefficient (Wildman–Crippen LogP) is 1.17. The van der Waals surface area contributed by atoms with Gasteiger partial charge in [-0.05, 0) is 23.8 Å². The van der Waals surface area contributed by atoms with Crippen LogP contribution in [0.5, 0.6) is 5.75 Å². The number of sulfonamides is 1. The largest absolute Gasteiger partial charge is 0.502 e. The van der Waals surface area contributed by atoms with Gasteiger partial charge in [-0.15, -0.1) is 0 Å². The summed E-state index contributed by atoms with van der Waals surface area (Å²) in [5, 5.41) is 20.0. The SMILES string of the molecule is O=[N+]([O-])c1cc(S(=O)(=O)NCc2cccnc2)ccc1O. The van der Waals surface area contributed by atoms with Crippen molar-refractivity contribution >= 4 is 15.7 Å². The number of nitrogens with one attached hydrogen (secondary N) is 1. The van der Waals surface area contributed by atoms with Gasteiger partial charge in [0.05, 0.1) is 9.82 Å². The molecule has 0 amide bonds. The molecule has 21 heavy (non-hydrogen) atoms. The van der Waals surface area contributed by atoms with Crippen LogP contribution in [0.25, 0.3) is 0 Å². The number of benzene rings is 1. The van der Waals surface area contributed by atoms with Crippen LogP contribution >= 0.6 is 0 Å². The van der Waals surface area contributed by atoms with E-state index in [4.69, 9.17) is 0 Å². The van der Waals surface area contributed by atoms with Crippen molar-refractivity contribution in [3.05, 3.63) is 58.4 Å². The highest BCUT2D eigenvalue weighted by atomic mass is 32.2. The van der Waals surface area contributed by atoms with Gasteiger partial charge in [0, 0.05) is 25.0 Å². The third-order valence-corrected chi connectivity index (χ3v) is 4.04. The molecule has 0 aliphatic carbocycles. The molecule has 2 rings (SSSR count). The van der Waals surface area contributed by atoms with Crippen molar-refractivity contribution in [1.82, 2.24) is 9.71 Å². The Morgan fingerprint density at radius 1 is 1.33 bits per heavy atom. The summed E-state index contributed by atoms with van der Waals surface area (Å²) in [6.45, 7) is 0.00481. The second-order valence-electron chi connectivity index (χ2n) is 4.09. The molecule has 0 unspecified atom stereocenters. The number of hydrogen-bond acceptors (Lipinski definition) is 6. The molecule has 0 aliphatic rings. The quantitative estimate of drug-likeness (QED) is 0.631. The lowest BCUT2D eigenvalue weighted by atomic mass is 10.3. The van der Waals surface area contributed by atoms with Crippen molar-refractivity contribution in [3.63, 3.8) is 0 Å². The Kier molecular flexibility index (Phi) is 4.15. The molecule has 1 aromatic heterocycles. The van der Waals surface area contributed by atoms with E-state index in [1.54, 1.807) is 18.3 Å². The van der Waals surface area contributed by atoms with Crippen LogP contribution in [-0.4, -0.2) is 23.4 Å².